The molecule has 1 fully saturated rings. The number of rotatable bonds is 4. The van der Waals surface area contributed by atoms with Crippen LogP contribution in [0.1, 0.15) is 27.2 Å². The van der Waals surface area contributed by atoms with Crippen LogP contribution >= 0.6 is 0 Å². The van der Waals surface area contributed by atoms with E-state index in [1.54, 1.807) is 20.8 Å². The predicted molar refractivity (Wildman–Crippen MR) is 81.8 cm³/mol. The molecule has 3 nitrogen and oxygen atoms in total. The standard InChI is InChI=1S/C13H21FN2O.C3H4/c1-3-13(14)6-4-5-7-15-8-10-16(11-9-15)12(2)17;1-3-2/h3-5H,6-11H2,1-2H3;1H,2H3/b5-4-,13-3+;. The lowest BCUT2D eigenvalue weighted by Gasteiger charge is -2.33. The quantitative estimate of drug-likeness (QED) is 0.584. The summed E-state index contributed by atoms with van der Waals surface area (Å²) in [7, 11) is 0. The Morgan fingerprint density at radius 3 is 2.30 bits per heavy atom. The van der Waals surface area contributed by atoms with Crippen LogP contribution in [0, 0.1) is 12.3 Å². The minimum absolute atomic E-state index is 0.0948. The fourth-order valence-electron chi connectivity index (χ4n) is 1.78. The Labute approximate surface area is 122 Å². The van der Waals surface area contributed by atoms with E-state index in [0.29, 0.717) is 6.42 Å². The number of hydrogen-bond donors (Lipinski definition) is 0. The van der Waals surface area contributed by atoms with Gasteiger partial charge in [0.05, 0.1) is 5.83 Å². The lowest BCUT2D eigenvalue weighted by atomic mass is 10.3. The average molecular weight is 280 g/mol. The molecule has 0 radical (unpaired) electrons. The van der Waals surface area contributed by atoms with E-state index in [2.05, 4.69) is 17.2 Å². The molecule has 0 aliphatic carbocycles. The summed E-state index contributed by atoms with van der Waals surface area (Å²) in [5.74, 6) is 2.30. The van der Waals surface area contributed by atoms with Gasteiger partial charge in [-0.2, -0.15) is 0 Å². The number of carbonyl (C=O) groups excluding carboxylic acids is 1. The summed E-state index contributed by atoms with van der Waals surface area (Å²) < 4.78 is 12.8. The maximum Gasteiger partial charge on any atom is 0.219 e. The first kappa shape index (κ1) is 18.4. The van der Waals surface area contributed by atoms with Gasteiger partial charge >= 0.3 is 0 Å². The van der Waals surface area contributed by atoms with Gasteiger partial charge in [-0.3, -0.25) is 9.69 Å². The molecule has 1 rings (SSSR count). The van der Waals surface area contributed by atoms with E-state index in [1.807, 2.05) is 17.1 Å². The van der Waals surface area contributed by atoms with Gasteiger partial charge in [0.15, 0.2) is 0 Å². The number of piperazine rings is 1. The van der Waals surface area contributed by atoms with Crippen molar-refractivity contribution in [3.63, 3.8) is 0 Å². The molecular formula is C16H25FN2O. The number of allylic oxidation sites excluding steroid dienone is 3. The van der Waals surface area contributed by atoms with Gasteiger partial charge < -0.3 is 4.90 Å². The molecule has 0 aromatic heterocycles. The van der Waals surface area contributed by atoms with Gasteiger partial charge in [0, 0.05) is 46.1 Å². The Morgan fingerprint density at radius 1 is 1.30 bits per heavy atom. The number of carbonyl (C=O) groups is 1. The van der Waals surface area contributed by atoms with Crippen LogP contribution in [0.5, 0.6) is 0 Å². The Hall–Kier alpha value is -1.60. The number of amides is 1. The van der Waals surface area contributed by atoms with Crippen molar-refractivity contribution >= 4 is 5.91 Å². The molecule has 1 aliphatic rings. The Kier molecular flexibility index (Phi) is 10.3. The third-order valence-corrected chi connectivity index (χ3v) is 2.97. The van der Waals surface area contributed by atoms with Crippen LogP contribution < -0.4 is 0 Å². The van der Waals surface area contributed by atoms with E-state index in [9.17, 15) is 9.18 Å². The summed E-state index contributed by atoms with van der Waals surface area (Å²) in [6.45, 7) is 9.19. The highest BCUT2D eigenvalue weighted by Gasteiger charge is 2.16. The van der Waals surface area contributed by atoms with Crippen molar-refractivity contribution in [3.8, 4) is 12.3 Å². The van der Waals surface area contributed by atoms with E-state index < -0.39 is 0 Å². The Morgan fingerprint density at radius 2 is 1.85 bits per heavy atom. The predicted octanol–water partition coefficient (Wildman–Crippen LogP) is 2.61. The molecule has 0 spiro atoms. The fourth-order valence-corrected chi connectivity index (χ4v) is 1.78. The number of nitrogens with zero attached hydrogens (tertiary/aromatic N) is 2. The van der Waals surface area contributed by atoms with Gasteiger partial charge in [-0.1, -0.05) is 18.2 Å². The minimum atomic E-state index is -0.0948. The first-order chi connectivity index (χ1) is 9.54. The van der Waals surface area contributed by atoms with Gasteiger partial charge in [0.1, 0.15) is 0 Å². The fraction of sp³-hybridized carbons (Fsp3) is 0.562. The average Bonchev–Trinajstić information content (AvgIpc) is 2.44. The highest BCUT2D eigenvalue weighted by molar-refractivity contribution is 5.73. The van der Waals surface area contributed by atoms with Crippen molar-refractivity contribution in [2.45, 2.75) is 27.2 Å². The zero-order valence-corrected chi connectivity index (χ0v) is 12.7. The molecule has 4 heteroatoms. The molecule has 0 aromatic rings. The van der Waals surface area contributed by atoms with Crippen molar-refractivity contribution in [1.82, 2.24) is 9.80 Å². The molecule has 0 N–H and O–H groups in total. The highest BCUT2D eigenvalue weighted by Crippen LogP contribution is 2.04. The number of hydrogen-bond acceptors (Lipinski definition) is 2. The highest BCUT2D eigenvalue weighted by atomic mass is 19.1. The van der Waals surface area contributed by atoms with E-state index in [0.717, 1.165) is 32.7 Å². The van der Waals surface area contributed by atoms with Crippen molar-refractivity contribution in [2.24, 2.45) is 0 Å². The van der Waals surface area contributed by atoms with Crippen molar-refractivity contribution in [2.75, 3.05) is 32.7 Å². The maximum absolute atomic E-state index is 12.8. The third kappa shape index (κ3) is 8.49. The van der Waals surface area contributed by atoms with Gasteiger partial charge in [-0.05, 0) is 13.8 Å². The second kappa shape index (κ2) is 11.2. The molecule has 0 aromatic carbocycles. The summed E-state index contributed by atoms with van der Waals surface area (Å²) in [6.07, 6.45) is 10.3. The molecule has 20 heavy (non-hydrogen) atoms. The molecule has 0 bridgehead atoms. The first-order valence-electron chi connectivity index (χ1n) is 6.86. The molecule has 0 saturated carbocycles. The molecular weight excluding hydrogens is 255 g/mol. The van der Waals surface area contributed by atoms with Crippen molar-refractivity contribution < 1.29 is 9.18 Å². The van der Waals surface area contributed by atoms with Gasteiger partial charge in [0.25, 0.3) is 0 Å². The Balaban J connectivity index is 0.00000110. The molecule has 1 heterocycles. The van der Waals surface area contributed by atoms with Crippen LogP contribution in [-0.2, 0) is 4.79 Å². The summed E-state index contributed by atoms with van der Waals surface area (Å²) in [5, 5.41) is 0. The van der Waals surface area contributed by atoms with E-state index in [4.69, 9.17) is 0 Å². The monoisotopic (exact) mass is 280 g/mol. The van der Waals surface area contributed by atoms with Crippen LogP contribution in [0.15, 0.2) is 24.1 Å². The molecule has 1 amide bonds. The van der Waals surface area contributed by atoms with Crippen molar-refractivity contribution in [3.05, 3.63) is 24.1 Å². The maximum atomic E-state index is 12.8. The second-order valence-corrected chi connectivity index (χ2v) is 4.51. The lowest BCUT2D eigenvalue weighted by Crippen LogP contribution is -2.47. The lowest BCUT2D eigenvalue weighted by molar-refractivity contribution is -0.130. The second-order valence-electron chi connectivity index (χ2n) is 4.51. The first-order valence-corrected chi connectivity index (χ1v) is 6.86. The normalized spacial score (nSPS) is 16.6. The number of halogens is 1. The smallest absolute Gasteiger partial charge is 0.219 e. The summed E-state index contributed by atoms with van der Waals surface area (Å²) in [4.78, 5) is 15.2. The van der Waals surface area contributed by atoms with E-state index >= 15 is 0 Å². The van der Waals surface area contributed by atoms with Crippen LogP contribution in [0.25, 0.3) is 0 Å². The topological polar surface area (TPSA) is 23.6 Å². The molecule has 1 saturated heterocycles. The van der Waals surface area contributed by atoms with Crippen LogP contribution in [0.3, 0.4) is 0 Å². The van der Waals surface area contributed by atoms with E-state index in [-0.39, 0.29) is 11.7 Å². The van der Waals surface area contributed by atoms with Crippen LogP contribution in [0.4, 0.5) is 4.39 Å². The summed E-state index contributed by atoms with van der Waals surface area (Å²) in [5.41, 5.74) is 0. The Bertz CT molecular complexity index is 374. The third-order valence-electron chi connectivity index (χ3n) is 2.97. The summed E-state index contributed by atoms with van der Waals surface area (Å²) in [6, 6.07) is 0. The minimum Gasteiger partial charge on any atom is -0.340 e. The van der Waals surface area contributed by atoms with Crippen molar-refractivity contribution in [1.29, 1.82) is 0 Å². The summed E-state index contributed by atoms with van der Waals surface area (Å²) >= 11 is 0. The van der Waals surface area contributed by atoms with Crippen LogP contribution in [0.2, 0.25) is 0 Å². The largest absolute Gasteiger partial charge is 0.340 e. The van der Waals surface area contributed by atoms with Gasteiger partial charge in [-0.25, -0.2) is 4.39 Å². The zero-order valence-electron chi connectivity index (χ0n) is 12.7. The van der Waals surface area contributed by atoms with E-state index in [1.165, 1.54) is 6.08 Å². The molecule has 112 valence electrons. The van der Waals surface area contributed by atoms with Gasteiger partial charge in [0.2, 0.25) is 5.91 Å². The SMILES string of the molecule is C#CC.C/C=C(/F)C/C=C\CN1CCN(C(C)=O)CC1. The zero-order chi connectivity index (χ0) is 15.4. The molecule has 0 atom stereocenters. The molecule has 1 aliphatic heterocycles. The van der Waals surface area contributed by atoms with Crippen LogP contribution in [-0.4, -0.2) is 48.4 Å². The van der Waals surface area contributed by atoms with Gasteiger partial charge in [-0.15, -0.1) is 12.3 Å². The number of terminal acetylenes is 1. The molecule has 0 unspecified atom stereocenters.